The number of carbonyl (C=O) groups is 1. The number of nitrogens with one attached hydrogen (secondary N) is 1. The summed E-state index contributed by atoms with van der Waals surface area (Å²) in [5.41, 5.74) is 1.10. The van der Waals surface area contributed by atoms with Gasteiger partial charge in [0.15, 0.2) is 0 Å². The maximum Gasteiger partial charge on any atom is 0.317 e. The number of nitriles is 1. The molecule has 1 unspecified atom stereocenters. The monoisotopic (exact) mass is 288 g/mol. The molecule has 1 N–H and O–H groups in total. The fourth-order valence-electron chi connectivity index (χ4n) is 3.14. The van der Waals surface area contributed by atoms with Crippen LogP contribution >= 0.6 is 0 Å². The van der Waals surface area contributed by atoms with E-state index in [1.54, 1.807) is 6.07 Å². The van der Waals surface area contributed by atoms with E-state index in [0.29, 0.717) is 18.7 Å². The smallest absolute Gasteiger partial charge is 0.317 e. The number of piperidine rings is 1. The van der Waals surface area contributed by atoms with Gasteiger partial charge in [-0.25, -0.2) is 9.18 Å². The normalized spacial score (nSPS) is 22.1. The zero-order valence-corrected chi connectivity index (χ0v) is 11.7. The molecule has 2 aliphatic rings. The van der Waals surface area contributed by atoms with Crippen molar-refractivity contribution in [3.05, 3.63) is 29.6 Å². The molecule has 2 heterocycles. The summed E-state index contributed by atoms with van der Waals surface area (Å²) in [6, 6.07) is 6.49. The maximum absolute atomic E-state index is 13.2. The predicted octanol–water partition coefficient (Wildman–Crippen LogP) is 1.69. The molecule has 2 aliphatic heterocycles. The van der Waals surface area contributed by atoms with Crippen LogP contribution in [0.2, 0.25) is 0 Å². The van der Waals surface area contributed by atoms with Crippen LogP contribution in [0.15, 0.2) is 18.2 Å². The third-order valence-electron chi connectivity index (χ3n) is 4.15. The lowest BCUT2D eigenvalue weighted by atomic mass is 10.0. The highest BCUT2D eigenvalue weighted by Gasteiger charge is 2.31. The quantitative estimate of drug-likeness (QED) is 0.901. The minimum absolute atomic E-state index is 0.0125. The Morgan fingerprint density at radius 2 is 2.24 bits per heavy atom. The maximum atomic E-state index is 13.2. The summed E-state index contributed by atoms with van der Waals surface area (Å²) in [5.74, 6) is -0.400. The first kappa shape index (κ1) is 13.7. The summed E-state index contributed by atoms with van der Waals surface area (Å²) >= 11 is 0. The predicted molar refractivity (Wildman–Crippen MR) is 76.5 cm³/mol. The highest BCUT2D eigenvalue weighted by molar-refractivity contribution is 5.76. The van der Waals surface area contributed by atoms with Crippen LogP contribution in [0.25, 0.3) is 0 Å². The van der Waals surface area contributed by atoms with Crippen LogP contribution in [0.1, 0.15) is 18.4 Å². The first-order valence-electron chi connectivity index (χ1n) is 7.18. The lowest BCUT2D eigenvalue weighted by molar-refractivity contribution is 0.189. The number of benzene rings is 1. The van der Waals surface area contributed by atoms with E-state index >= 15 is 0 Å². The van der Waals surface area contributed by atoms with Gasteiger partial charge in [-0.15, -0.1) is 0 Å². The van der Waals surface area contributed by atoms with Gasteiger partial charge in [0.2, 0.25) is 0 Å². The molecule has 1 aromatic rings. The van der Waals surface area contributed by atoms with Gasteiger partial charge >= 0.3 is 6.03 Å². The average molecular weight is 288 g/mol. The molecule has 2 amide bonds. The van der Waals surface area contributed by atoms with E-state index < -0.39 is 5.82 Å². The third-order valence-corrected chi connectivity index (χ3v) is 4.15. The number of urea groups is 1. The van der Waals surface area contributed by atoms with Crippen molar-refractivity contribution >= 4 is 11.7 Å². The molecule has 0 radical (unpaired) electrons. The zero-order valence-electron chi connectivity index (χ0n) is 11.7. The van der Waals surface area contributed by atoms with Crippen molar-refractivity contribution in [1.29, 1.82) is 5.26 Å². The van der Waals surface area contributed by atoms with Crippen molar-refractivity contribution < 1.29 is 9.18 Å². The first-order valence-corrected chi connectivity index (χ1v) is 7.18. The lowest BCUT2D eigenvalue weighted by Gasteiger charge is -2.38. The summed E-state index contributed by atoms with van der Waals surface area (Å²) in [7, 11) is 0. The number of nitrogens with zero attached hydrogens (tertiary/aromatic N) is 3. The SMILES string of the molecule is N#Cc1cc(F)ccc1N1CCCC(N2CCNC2=O)C1. The van der Waals surface area contributed by atoms with E-state index in [-0.39, 0.29) is 12.1 Å². The third kappa shape index (κ3) is 2.64. The Balaban J connectivity index is 1.80. The highest BCUT2D eigenvalue weighted by Crippen LogP contribution is 2.26. The Kier molecular flexibility index (Phi) is 3.65. The highest BCUT2D eigenvalue weighted by atomic mass is 19.1. The van der Waals surface area contributed by atoms with Crippen LogP contribution in [-0.4, -0.2) is 43.2 Å². The molecule has 21 heavy (non-hydrogen) atoms. The molecule has 0 bridgehead atoms. The molecule has 0 aliphatic carbocycles. The number of halogens is 1. The Hall–Kier alpha value is -2.29. The second-order valence-electron chi connectivity index (χ2n) is 5.44. The number of amides is 2. The molecule has 2 fully saturated rings. The summed E-state index contributed by atoms with van der Waals surface area (Å²) in [6.07, 6.45) is 1.92. The van der Waals surface area contributed by atoms with E-state index in [4.69, 9.17) is 0 Å². The fraction of sp³-hybridized carbons (Fsp3) is 0.467. The summed E-state index contributed by atoms with van der Waals surface area (Å²) < 4.78 is 13.2. The average Bonchev–Trinajstić information content (AvgIpc) is 2.93. The number of hydrogen-bond acceptors (Lipinski definition) is 3. The molecule has 110 valence electrons. The van der Waals surface area contributed by atoms with Crippen LogP contribution < -0.4 is 10.2 Å². The largest absolute Gasteiger partial charge is 0.368 e. The number of carbonyl (C=O) groups excluding carboxylic acids is 1. The Morgan fingerprint density at radius 1 is 1.38 bits per heavy atom. The lowest BCUT2D eigenvalue weighted by Crippen LogP contribution is -2.49. The molecule has 2 saturated heterocycles. The van der Waals surface area contributed by atoms with E-state index in [2.05, 4.69) is 16.3 Å². The van der Waals surface area contributed by atoms with Gasteiger partial charge in [-0.2, -0.15) is 5.26 Å². The van der Waals surface area contributed by atoms with Gasteiger partial charge in [-0.3, -0.25) is 0 Å². The molecular formula is C15H17FN4O. The molecule has 3 rings (SSSR count). The molecule has 0 spiro atoms. The van der Waals surface area contributed by atoms with Crippen molar-refractivity contribution in [2.24, 2.45) is 0 Å². The second kappa shape index (κ2) is 5.60. The molecule has 1 aromatic carbocycles. The van der Waals surface area contributed by atoms with Crippen molar-refractivity contribution in [3.8, 4) is 6.07 Å². The minimum atomic E-state index is -0.400. The molecule has 1 atom stereocenters. The zero-order chi connectivity index (χ0) is 14.8. The van der Waals surface area contributed by atoms with Gasteiger partial charge in [-0.1, -0.05) is 0 Å². The Labute approximate surface area is 122 Å². The van der Waals surface area contributed by atoms with Gasteiger partial charge in [0.05, 0.1) is 17.3 Å². The van der Waals surface area contributed by atoms with Crippen molar-refractivity contribution in [2.75, 3.05) is 31.1 Å². The standard InChI is InChI=1S/C15H17FN4O/c16-12-3-4-14(11(8-12)9-17)19-6-1-2-13(10-19)20-7-5-18-15(20)21/h3-4,8,13H,1-2,5-7,10H2,(H,18,21). The molecule has 5 nitrogen and oxygen atoms in total. The van der Waals surface area contributed by atoms with Crippen molar-refractivity contribution in [1.82, 2.24) is 10.2 Å². The van der Waals surface area contributed by atoms with Crippen LogP contribution in [0.5, 0.6) is 0 Å². The van der Waals surface area contributed by atoms with Crippen molar-refractivity contribution in [2.45, 2.75) is 18.9 Å². The van der Waals surface area contributed by atoms with Gasteiger partial charge in [0, 0.05) is 26.2 Å². The number of anilines is 1. The number of rotatable bonds is 2. The fourth-order valence-corrected chi connectivity index (χ4v) is 3.14. The molecular weight excluding hydrogens is 271 g/mol. The molecule has 6 heteroatoms. The summed E-state index contributed by atoms with van der Waals surface area (Å²) in [5, 5.41) is 12.0. The van der Waals surface area contributed by atoms with E-state index in [0.717, 1.165) is 31.6 Å². The van der Waals surface area contributed by atoms with Crippen LogP contribution in [0, 0.1) is 17.1 Å². The number of hydrogen-bond donors (Lipinski definition) is 1. The topological polar surface area (TPSA) is 59.4 Å². The van der Waals surface area contributed by atoms with E-state index in [1.165, 1.54) is 12.1 Å². The van der Waals surface area contributed by atoms with Gasteiger partial charge in [0.25, 0.3) is 0 Å². The van der Waals surface area contributed by atoms with Crippen LogP contribution in [-0.2, 0) is 0 Å². The Morgan fingerprint density at radius 3 is 2.95 bits per heavy atom. The van der Waals surface area contributed by atoms with E-state index in [1.807, 2.05) is 4.90 Å². The van der Waals surface area contributed by atoms with Crippen LogP contribution in [0.4, 0.5) is 14.9 Å². The van der Waals surface area contributed by atoms with Gasteiger partial charge in [-0.05, 0) is 31.0 Å². The molecule has 0 saturated carbocycles. The van der Waals surface area contributed by atoms with Crippen molar-refractivity contribution in [3.63, 3.8) is 0 Å². The summed E-state index contributed by atoms with van der Waals surface area (Å²) in [6.45, 7) is 2.93. The first-order chi connectivity index (χ1) is 10.2. The van der Waals surface area contributed by atoms with Gasteiger partial charge < -0.3 is 15.1 Å². The second-order valence-corrected chi connectivity index (χ2v) is 5.44. The minimum Gasteiger partial charge on any atom is -0.368 e. The van der Waals surface area contributed by atoms with Gasteiger partial charge in [0.1, 0.15) is 11.9 Å². The van der Waals surface area contributed by atoms with Crippen LogP contribution in [0.3, 0.4) is 0 Å². The Bertz CT molecular complexity index is 598. The molecule has 0 aromatic heterocycles. The van der Waals surface area contributed by atoms with E-state index in [9.17, 15) is 14.4 Å². The summed E-state index contributed by atoms with van der Waals surface area (Å²) in [4.78, 5) is 15.7.